The van der Waals surface area contributed by atoms with Crippen molar-refractivity contribution < 1.29 is 30.5 Å². The molecule has 1 aromatic heterocycles. The van der Waals surface area contributed by atoms with Crippen molar-refractivity contribution in [2.75, 3.05) is 26.2 Å². The molecule has 11 heteroatoms. The monoisotopic (exact) mass is 485 g/mol. The summed E-state index contributed by atoms with van der Waals surface area (Å²) >= 11 is 0. The average Bonchev–Trinajstić information content (AvgIpc) is 3.19. The highest BCUT2D eigenvalue weighted by molar-refractivity contribution is 7.89. The zero-order valence-corrected chi connectivity index (χ0v) is 18.4. The molecule has 0 unspecified atom stereocenters. The molecular formula is C22H23F4N3O3S. The molecule has 1 saturated heterocycles. The molecule has 3 aromatic rings. The van der Waals surface area contributed by atoms with Crippen LogP contribution in [-0.2, 0) is 16.2 Å². The van der Waals surface area contributed by atoms with E-state index in [0.717, 1.165) is 61.3 Å². The number of benzene rings is 2. The predicted molar refractivity (Wildman–Crippen MR) is 114 cm³/mol. The quantitative estimate of drug-likeness (QED) is 0.393. The van der Waals surface area contributed by atoms with Gasteiger partial charge < -0.3 is 9.42 Å². The third kappa shape index (κ3) is 5.53. The van der Waals surface area contributed by atoms with Gasteiger partial charge in [0.1, 0.15) is 5.82 Å². The number of fused-ring (bicyclic) bond motifs is 1. The van der Waals surface area contributed by atoms with Gasteiger partial charge >= 0.3 is 6.18 Å². The molecule has 0 atom stereocenters. The molecule has 0 radical (unpaired) electrons. The Bertz CT molecular complexity index is 1200. The van der Waals surface area contributed by atoms with Gasteiger partial charge in [0.25, 0.3) is 0 Å². The maximum Gasteiger partial charge on any atom is 0.416 e. The fourth-order valence-corrected chi connectivity index (χ4v) is 5.15. The molecule has 1 aliphatic rings. The molecule has 0 bridgehead atoms. The topological polar surface area (TPSA) is 75.4 Å². The van der Waals surface area contributed by atoms with E-state index in [1.165, 1.54) is 12.1 Å². The largest absolute Gasteiger partial charge is 0.416 e. The highest BCUT2D eigenvalue weighted by Crippen LogP contribution is 2.33. The summed E-state index contributed by atoms with van der Waals surface area (Å²) in [6.45, 7) is 2.49. The molecule has 1 aliphatic heterocycles. The van der Waals surface area contributed by atoms with E-state index in [-0.39, 0.29) is 23.2 Å². The first-order chi connectivity index (χ1) is 15.6. The third-order valence-electron chi connectivity index (χ3n) is 5.87. The van der Waals surface area contributed by atoms with E-state index in [0.29, 0.717) is 18.5 Å². The summed E-state index contributed by atoms with van der Waals surface area (Å²) in [5.74, 6) is -0.153. The molecule has 2 heterocycles. The standard InChI is InChI=1S/C22H23F4N3O3S/c23-17-4-7-19-20(14-17)32-28-21(19)15-8-12-29(13-9-15)11-1-10-27-33(30,31)18-5-2-16(3-6-18)22(24,25)26/h2-7,14-15,27H,1,8-13H2. The van der Waals surface area contributed by atoms with Crippen LogP contribution in [0.4, 0.5) is 17.6 Å². The lowest BCUT2D eigenvalue weighted by Gasteiger charge is -2.31. The fraction of sp³-hybridized carbons (Fsp3) is 0.409. The number of piperidine rings is 1. The summed E-state index contributed by atoms with van der Waals surface area (Å²) in [5.41, 5.74) is 0.386. The highest BCUT2D eigenvalue weighted by Gasteiger charge is 2.30. The molecule has 178 valence electrons. The van der Waals surface area contributed by atoms with Crippen molar-refractivity contribution in [3.8, 4) is 0 Å². The number of halogens is 4. The van der Waals surface area contributed by atoms with Crippen LogP contribution in [0.15, 0.2) is 51.9 Å². The lowest BCUT2D eigenvalue weighted by molar-refractivity contribution is -0.137. The van der Waals surface area contributed by atoms with Crippen molar-refractivity contribution in [1.29, 1.82) is 0 Å². The Labute approximate surface area is 188 Å². The molecule has 0 aliphatic carbocycles. The van der Waals surface area contributed by atoms with E-state index < -0.39 is 21.8 Å². The summed E-state index contributed by atoms with van der Waals surface area (Å²) in [6, 6.07) is 7.83. The van der Waals surface area contributed by atoms with Gasteiger partial charge in [0.15, 0.2) is 5.58 Å². The molecule has 33 heavy (non-hydrogen) atoms. The molecule has 1 N–H and O–H groups in total. The Morgan fingerprint density at radius 2 is 1.79 bits per heavy atom. The third-order valence-corrected chi connectivity index (χ3v) is 7.35. The maximum absolute atomic E-state index is 13.3. The van der Waals surface area contributed by atoms with Crippen LogP contribution < -0.4 is 4.72 Å². The number of hydrogen-bond acceptors (Lipinski definition) is 5. The van der Waals surface area contributed by atoms with E-state index >= 15 is 0 Å². The van der Waals surface area contributed by atoms with Gasteiger partial charge in [0.05, 0.1) is 16.2 Å². The molecular weight excluding hydrogens is 462 g/mol. The second-order valence-corrected chi connectivity index (χ2v) is 9.86. The zero-order valence-electron chi connectivity index (χ0n) is 17.6. The number of nitrogens with zero attached hydrogens (tertiary/aromatic N) is 2. The van der Waals surface area contributed by atoms with Gasteiger partial charge in [-0.2, -0.15) is 13.2 Å². The smallest absolute Gasteiger partial charge is 0.356 e. The minimum absolute atomic E-state index is 0.183. The van der Waals surface area contributed by atoms with Gasteiger partial charge in [0.2, 0.25) is 10.0 Å². The van der Waals surface area contributed by atoms with Crippen molar-refractivity contribution >= 4 is 21.0 Å². The highest BCUT2D eigenvalue weighted by atomic mass is 32.2. The zero-order chi connectivity index (χ0) is 23.6. The summed E-state index contributed by atoms with van der Waals surface area (Å²) in [7, 11) is -3.87. The van der Waals surface area contributed by atoms with Gasteiger partial charge in [-0.1, -0.05) is 5.16 Å². The fourth-order valence-electron chi connectivity index (χ4n) is 4.07. The van der Waals surface area contributed by atoms with Crippen LogP contribution >= 0.6 is 0 Å². The van der Waals surface area contributed by atoms with E-state index in [9.17, 15) is 26.0 Å². The number of rotatable bonds is 7. The molecule has 0 saturated carbocycles. The van der Waals surface area contributed by atoms with E-state index in [1.54, 1.807) is 6.07 Å². The van der Waals surface area contributed by atoms with Crippen LogP contribution in [0.5, 0.6) is 0 Å². The average molecular weight is 486 g/mol. The maximum atomic E-state index is 13.3. The minimum Gasteiger partial charge on any atom is -0.356 e. The Hall–Kier alpha value is -2.50. The van der Waals surface area contributed by atoms with Gasteiger partial charge in [-0.15, -0.1) is 0 Å². The van der Waals surface area contributed by atoms with Crippen LogP contribution in [0.3, 0.4) is 0 Å². The van der Waals surface area contributed by atoms with Gasteiger partial charge in [-0.25, -0.2) is 17.5 Å². The Balaban J connectivity index is 1.23. The SMILES string of the molecule is O=S(=O)(NCCCN1CCC(c2noc3cc(F)ccc23)CC1)c1ccc(C(F)(F)F)cc1. The number of likely N-dealkylation sites (tertiary alicyclic amines) is 1. The second kappa shape index (κ2) is 9.40. The first-order valence-corrected chi connectivity index (χ1v) is 12.1. The van der Waals surface area contributed by atoms with Gasteiger partial charge in [-0.05, 0) is 75.3 Å². The minimum atomic E-state index is -4.51. The molecule has 0 spiro atoms. The molecule has 1 fully saturated rings. The summed E-state index contributed by atoms with van der Waals surface area (Å²) in [6.07, 6.45) is -2.23. The number of aromatic nitrogens is 1. The Morgan fingerprint density at radius 1 is 1.09 bits per heavy atom. The van der Waals surface area contributed by atoms with Crippen molar-refractivity contribution in [3.05, 3.63) is 59.5 Å². The van der Waals surface area contributed by atoms with Crippen LogP contribution in [-0.4, -0.2) is 44.7 Å². The van der Waals surface area contributed by atoms with Crippen LogP contribution in [0.2, 0.25) is 0 Å². The molecule has 6 nitrogen and oxygen atoms in total. The first kappa shape index (κ1) is 23.7. The Morgan fingerprint density at radius 3 is 2.45 bits per heavy atom. The lowest BCUT2D eigenvalue weighted by Crippen LogP contribution is -2.35. The van der Waals surface area contributed by atoms with E-state index in [2.05, 4.69) is 14.8 Å². The number of alkyl halides is 3. The number of hydrogen-bond donors (Lipinski definition) is 1. The molecule has 2 aromatic carbocycles. The van der Waals surface area contributed by atoms with Crippen LogP contribution in [0.25, 0.3) is 11.0 Å². The number of nitrogens with one attached hydrogen (secondary N) is 1. The van der Waals surface area contributed by atoms with Crippen molar-refractivity contribution in [3.63, 3.8) is 0 Å². The lowest BCUT2D eigenvalue weighted by atomic mass is 9.91. The van der Waals surface area contributed by atoms with E-state index in [1.807, 2.05) is 0 Å². The first-order valence-electron chi connectivity index (χ1n) is 10.6. The normalized spacial score (nSPS) is 16.5. The summed E-state index contributed by atoms with van der Waals surface area (Å²) in [5, 5.41) is 4.96. The Kier molecular flexibility index (Phi) is 6.73. The van der Waals surface area contributed by atoms with Crippen LogP contribution in [0, 0.1) is 5.82 Å². The predicted octanol–water partition coefficient (Wildman–Crippen LogP) is 4.53. The van der Waals surface area contributed by atoms with Gasteiger partial charge in [0, 0.05) is 23.9 Å². The van der Waals surface area contributed by atoms with Crippen molar-refractivity contribution in [2.45, 2.75) is 36.3 Å². The summed E-state index contributed by atoms with van der Waals surface area (Å²) < 4.78 is 83.5. The second-order valence-electron chi connectivity index (χ2n) is 8.10. The summed E-state index contributed by atoms with van der Waals surface area (Å²) in [4.78, 5) is 2.03. The van der Waals surface area contributed by atoms with Crippen molar-refractivity contribution in [2.24, 2.45) is 0 Å². The van der Waals surface area contributed by atoms with Crippen LogP contribution in [0.1, 0.15) is 36.4 Å². The molecule has 0 amide bonds. The molecule has 4 rings (SSSR count). The van der Waals surface area contributed by atoms with Gasteiger partial charge in [-0.3, -0.25) is 0 Å². The van der Waals surface area contributed by atoms with E-state index in [4.69, 9.17) is 4.52 Å². The van der Waals surface area contributed by atoms with Crippen molar-refractivity contribution in [1.82, 2.24) is 14.8 Å². The number of sulfonamides is 1.